The molecule has 3 aliphatic rings. The van der Waals surface area contributed by atoms with Crippen molar-refractivity contribution in [3.63, 3.8) is 0 Å². The van der Waals surface area contributed by atoms with Gasteiger partial charge in [0, 0.05) is 50.3 Å². The van der Waals surface area contributed by atoms with E-state index in [1.54, 1.807) is 11.3 Å². The fourth-order valence-electron chi connectivity index (χ4n) is 4.46. The summed E-state index contributed by atoms with van der Waals surface area (Å²) in [4.78, 5) is 19.9. The Bertz CT molecular complexity index is 565. The molecule has 1 aromatic heterocycles. The summed E-state index contributed by atoms with van der Waals surface area (Å²) >= 11 is 1.73. The van der Waals surface area contributed by atoms with Crippen LogP contribution in [-0.2, 0) is 17.6 Å². The number of nitrogens with zero attached hydrogens (tertiary/aromatic N) is 2. The van der Waals surface area contributed by atoms with Crippen LogP contribution in [-0.4, -0.2) is 61.1 Å². The SMILES string of the molecule is CN(C(=O)c1cc2c(s1)CCC2)C1CCN(C2CCOCC2)CC1. The Morgan fingerprint density at radius 3 is 2.67 bits per heavy atom. The lowest BCUT2D eigenvalue weighted by Gasteiger charge is -2.41. The van der Waals surface area contributed by atoms with Gasteiger partial charge in [0.05, 0.1) is 4.88 Å². The third-order valence-corrected chi connectivity index (χ3v) is 7.26. The van der Waals surface area contributed by atoms with Gasteiger partial charge in [-0.15, -0.1) is 11.3 Å². The fraction of sp³-hybridized carbons (Fsp3) is 0.737. The predicted octanol–water partition coefficient (Wildman–Crippen LogP) is 2.95. The summed E-state index contributed by atoms with van der Waals surface area (Å²) < 4.78 is 5.48. The van der Waals surface area contributed by atoms with Crippen LogP contribution in [0, 0.1) is 0 Å². The van der Waals surface area contributed by atoms with Crippen LogP contribution in [0.2, 0.25) is 0 Å². The van der Waals surface area contributed by atoms with Crippen molar-refractivity contribution in [3.05, 3.63) is 21.4 Å². The van der Waals surface area contributed by atoms with Crippen LogP contribution in [0.5, 0.6) is 0 Å². The van der Waals surface area contributed by atoms with Crippen molar-refractivity contribution in [2.45, 2.75) is 57.0 Å². The third kappa shape index (κ3) is 3.26. The van der Waals surface area contributed by atoms with E-state index >= 15 is 0 Å². The van der Waals surface area contributed by atoms with Gasteiger partial charge in [-0.3, -0.25) is 4.79 Å². The number of likely N-dealkylation sites (tertiary alicyclic amines) is 1. The van der Waals surface area contributed by atoms with E-state index in [9.17, 15) is 4.79 Å². The van der Waals surface area contributed by atoms with E-state index in [1.165, 1.54) is 36.1 Å². The highest BCUT2D eigenvalue weighted by Crippen LogP contribution is 2.32. The molecule has 0 bridgehead atoms. The minimum Gasteiger partial charge on any atom is -0.381 e. The topological polar surface area (TPSA) is 32.8 Å². The van der Waals surface area contributed by atoms with E-state index in [1.807, 2.05) is 11.9 Å². The normalized spacial score (nSPS) is 23.4. The Kier molecular flexibility index (Phi) is 4.93. The average molecular weight is 349 g/mol. The van der Waals surface area contributed by atoms with E-state index in [2.05, 4.69) is 11.0 Å². The van der Waals surface area contributed by atoms with Crippen molar-refractivity contribution < 1.29 is 9.53 Å². The second kappa shape index (κ2) is 7.14. The van der Waals surface area contributed by atoms with Gasteiger partial charge >= 0.3 is 0 Å². The standard InChI is InChI=1S/C19H28N2O2S/c1-20(19(22)18-13-14-3-2-4-17(14)24-18)15-5-9-21(10-6-15)16-7-11-23-12-8-16/h13,15-16H,2-12H2,1H3. The van der Waals surface area contributed by atoms with Crippen molar-refractivity contribution in [1.82, 2.24) is 9.80 Å². The minimum absolute atomic E-state index is 0.235. The predicted molar refractivity (Wildman–Crippen MR) is 96.9 cm³/mol. The first-order valence-electron chi connectivity index (χ1n) is 9.43. The molecule has 132 valence electrons. The number of piperidine rings is 1. The number of carbonyl (C=O) groups is 1. The molecule has 2 fully saturated rings. The molecule has 0 aromatic carbocycles. The quantitative estimate of drug-likeness (QED) is 0.842. The second-order valence-electron chi connectivity index (χ2n) is 7.44. The highest BCUT2D eigenvalue weighted by atomic mass is 32.1. The molecule has 4 rings (SSSR count). The van der Waals surface area contributed by atoms with Crippen LogP contribution >= 0.6 is 11.3 Å². The Balaban J connectivity index is 1.33. The molecule has 0 N–H and O–H groups in total. The number of rotatable bonds is 3. The van der Waals surface area contributed by atoms with Crippen LogP contribution in [0.1, 0.15) is 52.2 Å². The van der Waals surface area contributed by atoms with Gasteiger partial charge in [-0.1, -0.05) is 0 Å². The van der Waals surface area contributed by atoms with Crippen LogP contribution in [0.3, 0.4) is 0 Å². The van der Waals surface area contributed by atoms with Gasteiger partial charge in [0.25, 0.3) is 5.91 Å². The number of thiophene rings is 1. The zero-order valence-electron chi connectivity index (χ0n) is 14.6. The Hall–Kier alpha value is -0.910. The highest BCUT2D eigenvalue weighted by Gasteiger charge is 2.30. The van der Waals surface area contributed by atoms with Crippen LogP contribution < -0.4 is 0 Å². The monoisotopic (exact) mass is 348 g/mol. The number of fused-ring (bicyclic) bond motifs is 1. The van der Waals surface area contributed by atoms with Gasteiger partial charge < -0.3 is 14.5 Å². The summed E-state index contributed by atoms with van der Waals surface area (Å²) in [5.74, 6) is 0.235. The molecule has 1 aliphatic carbocycles. The maximum atomic E-state index is 12.8. The van der Waals surface area contributed by atoms with E-state index in [0.717, 1.165) is 50.4 Å². The first kappa shape index (κ1) is 16.6. The van der Waals surface area contributed by atoms with Crippen molar-refractivity contribution in [2.24, 2.45) is 0 Å². The third-order valence-electron chi connectivity index (χ3n) is 6.03. The van der Waals surface area contributed by atoms with Crippen molar-refractivity contribution in [1.29, 1.82) is 0 Å². The molecule has 0 unspecified atom stereocenters. The molecule has 24 heavy (non-hydrogen) atoms. The Morgan fingerprint density at radius 1 is 1.21 bits per heavy atom. The molecule has 1 amide bonds. The summed E-state index contributed by atoms with van der Waals surface area (Å²) in [6, 6.07) is 3.25. The van der Waals surface area contributed by atoms with Gasteiger partial charge in [0.1, 0.15) is 0 Å². The van der Waals surface area contributed by atoms with E-state index in [4.69, 9.17) is 4.74 Å². The summed E-state index contributed by atoms with van der Waals surface area (Å²) in [5, 5.41) is 0. The zero-order chi connectivity index (χ0) is 16.5. The average Bonchev–Trinajstić information content (AvgIpc) is 3.23. The van der Waals surface area contributed by atoms with Gasteiger partial charge in [0.2, 0.25) is 0 Å². The van der Waals surface area contributed by atoms with Gasteiger partial charge in [-0.25, -0.2) is 0 Å². The smallest absolute Gasteiger partial charge is 0.263 e. The molecule has 5 heteroatoms. The minimum atomic E-state index is 0.235. The van der Waals surface area contributed by atoms with E-state index < -0.39 is 0 Å². The van der Waals surface area contributed by atoms with Crippen LogP contribution in [0.15, 0.2) is 6.07 Å². The molecule has 0 atom stereocenters. The fourth-order valence-corrected chi connectivity index (χ4v) is 5.70. The molecule has 1 aromatic rings. The maximum absolute atomic E-state index is 12.8. The molecule has 4 nitrogen and oxygen atoms in total. The van der Waals surface area contributed by atoms with Gasteiger partial charge in [0.15, 0.2) is 0 Å². The second-order valence-corrected chi connectivity index (χ2v) is 8.58. The lowest BCUT2D eigenvalue weighted by Crippen LogP contribution is -2.49. The largest absolute Gasteiger partial charge is 0.381 e. The molecule has 0 radical (unpaired) electrons. The molecule has 0 spiro atoms. The number of hydrogen-bond donors (Lipinski definition) is 0. The number of aryl methyl sites for hydroxylation is 2. The lowest BCUT2D eigenvalue weighted by atomic mass is 9.98. The van der Waals surface area contributed by atoms with Crippen molar-refractivity contribution in [2.75, 3.05) is 33.4 Å². The molecule has 2 saturated heterocycles. The van der Waals surface area contributed by atoms with Crippen LogP contribution in [0.25, 0.3) is 0 Å². The van der Waals surface area contributed by atoms with E-state index in [0.29, 0.717) is 12.1 Å². The van der Waals surface area contributed by atoms with Gasteiger partial charge in [-0.2, -0.15) is 0 Å². The molecular formula is C19H28N2O2S. The first-order chi connectivity index (χ1) is 11.7. The Morgan fingerprint density at radius 2 is 1.96 bits per heavy atom. The number of ether oxygens (including phenoxy) is 1. The first-order valence-corrected chi connectivity index (χ1v) is 10.2. The molecule has 2 aliphatic heterocycles. The number of hydrogen-bond acceptors (Lipinski definition) is 4. The lowest BCUT2D eigenvalue weighted by molar-refractivity contribution is 0.0160. The Labute approximate surface area is 148 Å². The van der Waals surface area contributed by atoms with Gasteiger partial charge in [-0.05, 0) is 56.6 Å². The zero-order valence-corrected chi connectivity index (χ0v) is 15.4. The summed E-state index contributed by atoms with van der Waals surface area (Å²) in [5.41, 5.74) is 1.42. The number of amides is 1. The number of carbonyl (C=O) groups excluding carboxylic acids is 1. The molecular weight excluding hydrogens is 320 g/mol. The highest BCUT2D eigenvalue weighted by molar-refractivity contribution is 7.14. The van der Waals surface area contributed by atoms with Crippen molar-refractivity contribution >= 4 is 17.2 Å². The summed E-state index contributed by atoms with van der Waals surface area (Å²) in [6.45, 7) is 4.06. The van der Waals surface area contributed by atoms with E-state index in [-0.39, 0.29) is 5.91 Å². The maximum Gasteiger partial charge on any atom is 0.263 e. The summed E-state index contributed by atoms with van der Waals surface area (Å²) in [6.07, 6.45) is 8.12. The molecule has 3 heterocycles. The van der Waals surface area contributed by atoms with Crippen molar-refractivity contribution in [3.8, 4) is 0 Å². The summed E-state index contributed by atoms with van der Waals surface area (Å²) in [7, 11) is 2.00. The molecule has 0 saturated carbocycles. The van der Waals surface area contributed by atoms with Crippen LogP contribution in [0.4, 0.5) is 0 Å².